The molecular formula is C12H20N2O2S. The maximum Gasteiger partial charge on any atom is 0.241 e. The lowest BCUT2D eigenvalue weighted by Gasteiger charge is -2.13. The summed E-state index contributed by atoms with van der Waals surface area (Å²) < 4.78 is 26.5. The van der Waals surface area contributed by atoms with Crippen molar-refractivity contribution in [2.24, 2.45) is 0 Å². The lowest BCUT2D eigenvalue weighted by atomic mass is 10.1. The number of anilines is 1. The van der Waals surface area contributed by atoms with Gasteiger partial charge >= 0.3 is 0 Å². The van der Waals surface area contributed by atoms with E-state index in [0.29, 0.717) is 11.4 Å². The SMILES string of the molecule is CCNc1cc(C)c(S(=O)(=O)NCC)c(C)c1. The summed E-state index contributed by atoms with van der Waals surface area (Å²) in [7, 11) is -3.38. The van der Waals surface area contributed by atoms with Gasteiger partial charge in [-0.05, 0) is 44.0 Å². The number of sulfonamides is 1. The normalized spacial score (nSPS) is 11.5. The highest BCUT2D eigenvalue weighted by molar-refractivity contribution is 7.89. The van der Waals surface area contributed by atoms with Gasteiger partial charge in [0.15, 0.2) is 0 Å². The van der Waals surface area contributed by atoms with Gasteiger partial charge in [-0.25, -0.2) is 13.1 Å². The van der Waals surface area contributed by atoms with E-state index < -0.39 is 10.0 Å². The molecule has 0 spiro atoms. The number of benzene rings is 1. The molecule has 0 heterocycles. The molecule has 1 rings (SSSR count). The molecule has 0 aliphatic rings. The number of aryl methyl sites for hydroxylation is 2. The number of nitrogens with one attached hydrogen (secondary N) is 2. The minimum Gasteiger partial charge on any atom is -0.385 e. The van der Waals surface area contributed by atoms with Crippen molar-refractivity contribution < 1.29 is 8.42 Å². The second-order valence-electron chi connectivity index (χ2n) is 3.97. The molecule has 0 fully saturated rings. The Labute approximate surface area is 103 Å². The molecular weight excluding hydrogens is 236 g/mol. The molecule has 2 N–H and O–H groups in total. The van der Waals surface area contributed by atoms with Crippen molar-refractivity contribution in [3.8, 4) is 0 Å². The molecule has 17 heavy (non-hydrogen) atoms. The summed E-state index contributed by atoms with van der Waals surface area (Å²) in [6.45, 7) is 8.63. The zero-order valence-corrected chi connectivity index (χ0v) is 11.6. The Morgan fingerprint density at radius 2 is 1.59 bits per heavy atom. The first-order chi connectivity index (χ1) is 7.92. The Morgan fingerprint density at radius 1 is 1.06 bits per heavy atom. The first-order valence-electron chi connectivity index (χ1n) is 5.77. The minimum absolute atomic E-state index is 0.390. The van der Waals surface area contributed by atoms with E-state index in [1.807, 2.05) is 32.9 Å². The molecule has 0 amide bonds. The third-order valence-electron chi connectivity index (χ3n) is 2.44. The summed E-state index contributed by atoms with van der Waals surface area (Å²) >= 11 is 0. The first-order valence-corrected chi connectivity index (χ1v) is 7.25. The zero-order chi connectivity index (χ0) is 13.1. The fraction of sp³-hybridized carbons (Fsp3) is 0.500. The maximum absolute atomic E-state index is 12.0. The van der Waals surface area contributed by atoms with E-state index in [0.717, 1.165) is 23.4 Å². The summed E-state index contributed by atoms with van der Waals surface area (Å²) in [5.74, 6) is 0. The smallest absolute Gasteiger partial charge is 0.241 e. The highest BCUT2D eigenvalue weighted by atomic mass is 32.2. The first kappa shape index (κ1) is 14.0. The van der Waals surface area contributed by atoms with Gasteiger partial charge in [-0.3, -0.25) is 0 Å². The van der Waals surface area contributed by atoms with Crippen molar-refractivity contribution in [3.63, 3.8) is 0 Å². The van der Waals surface area contributed by atoms with Crippen LogP contribution in [0, 0.1) is 13.8 Å². The average Bonchev–Trinajstić information content (AvgIpc) is 2.15. The molecule has 0 saturated heterocycles. The average molecular weight is 256 g/mol. The van der Waals surface area contributed by atoms with Crippen LogP contribution < -0.4 is 10.0 Å². The maximum atomic E-state index is 12.0. The van der Waals surface area contributed by atoms with Gasteiger partial charge in [0.2, 0.25) is 10.0 Å². The highest BCUT2D eigenvalue weighted by Gasteiger charge is 2.18. The molecule has 0 radical (unpaired) electrons. The van der Waals surface area contributed by atoms with Crippen molar-refractivity contribution in [2.75, 3.05) is 18.4 Å². The fourth-order valence-corrected chi connectivity index (χ4v) is 3.43. The van der Waals surface area contributed by atoms with E-state index in [-0.39, 0.29) is 0 Å². The van der Waals surface area contributed by atoms with Crippen LogP contribution >= 0.6 is 0 Å². The second-order valence-corrected chi connectivity index (χ2v) is 5.67. The molecule has 0 aromatic heterocycles. The summed E-state index contributed by atoms with van der Waals surface area (Å²) in [4.78, 5) is 0.390. The van der Waals surface area contributed by atoms with Gasteiger partial charge in [0.1, 0.15) is 0 Å². The molecule has 1 aromatic carbocycles. The van der Waals surface area contributed by atoms with Gasteiger partial charge in [0, 0.05) is 18.8 Å². The Kier molecular flexibility index (Phi) is 4.54. The molecule has 4 nitrogen and oxygen atoms in total. The topological polar surface area (TPSA) is 58.2 Å². The quantitative estimate of drug-likeness (QED) is 0.847. The summed E-state index contributed by atoms with van der Waals surface area (Å²) in [6.07, 6.45) is 0. The number of hydrogen-bond acceptors (Lipinski definition) is 3. The van der Waals surface area contributed by atoms with E-state index in [1.165, 1.54) is 0 Å². The predicted octanol–water partition coefficient (Wildman–Crippen LogP) is 2.03. The third-order valence-corrected chi connectivity index (χ3v) is 4.29. The lowest BCUT2D eigenvalue weighted by molar-refractivity contribution is 0.582. The molecule has 0 bridgehead atoms. The van der Waals surface area contributed by atoms with Crippen molar-refractivity contribution >= 4 is 15.7 Å². The summed E-state index contributed by atoms with van der Waals surface area (Å²) in [5, 5.41) is 3.18. The predicted molar refractivity (Wildman–Crippen MR) is 70.9 cm³/mol. The van der Waals surface area contributed by atoms with Crippen LogP contribution in [0.25, 0.3) is 0 Å². The fourth-order valence-electron chi connectivity index (χ4n) is 1.94. The second kappa shape index (κ2) is 5.51. The van der Waals surface area contributed by atoms with E-state index in [4.69, 9.17) is 0 Å². The van der Waals surface area contributed by atoms with Crippen LogP contribution in [0.5, 0.6) is 0 Å². The number of rotatable bonds is 5. The zero-order valence-electron chi connectivity index (χ0n) is 10.8. The standard InChI is InChI=1S/C12H20N2O2S/c1-5-13-11-7-9(3)12(10(4)8-11)17(15,16)14-6-2/h7-8,13-14H,5-6H2,1-4H3. The number of hydrogen-bond donors (Lipinski definition) is 2. The molecule has 0 aliphatic carbocycles. The Hall–Kier alpha value is -1.07. The van der Waals surface area contributed by atoms with Crippen molar-refractivity contribution in [1.29, 1.82) is 0 Å². The van der Waals surface area contributed by atoms with Crippen LogP contribution in [-0.4, -0.2) is 21.5 Å². The van der Waals surface area contributed by atoms with Gasteiger partial charge in [-0.15, -0.1) is 0 Å². The monoisotopic (exact) mass is 256 g/mol. The van der Waals surface area contributed by atoms with Crippen molar-refractivity contribution in [3.05, 3.63) is 23.3 Å². The van der Waals surface area contributed by atoms with E-state index in [1.54, 1.807) is 6.92 Å². The molecule has 0 aliphatic heterocycles. The lowest BCUT2D eigenvalue weighted by Crippen LogP contribution is -2.24. The van der Waals surface area contributed by atoms with Gasteiger partial charge in [-0.2, -0.15) is 0 Å². The minimum atomic E-state index is -3.38. The Bertz CT molecular complexity index is 472. The van der Waals surface area contributed by atoms with E-state index in [2.05, 4.69) is 10.0 Å². The van der Waals surface area contributed by atoms with Crippen molar-refractivity contribution in [2.45, 2.75) is 32.6 Å². The molecule has 0 unspecified atom stereocenters. The summed E-state index contributed by atoms with van der Waals surface area (Å²) in [6, 6.07) is 3.72. The van der Waals surface area contributed by atoms with Crippen LogP contribution in [0.2, 0.25) is 0 Å². The van der Waals surface area contributed by atoms with Crippen LogP contribution in [0.4, 0.5) is 5.69 Å². The van der Waals surface area contributed by atoms with Gasteiger partial charge in [0.05, 0.1) is 4.90 Å². The largest absolute Gasteiger partial charge is 0.385 e. The van der Waals surface area contributed by atoms with E-state index >= 15 is 0 Å². The Balaban J connectivity index is 3.27. The van der Waals surface area contributed by atoms with Crippen LogP contribution in [0.1, 0.15) is 25.0 Å². The highest BCUT2D eigenvalue weighted by Crippen LogP contribution is 2.24. The van der Waals surface area contributed by atoms with Crippen LogP contribution in [0.3, 0.4) is 0 Å². The summed E-state index contributed by atoms with van der Waals surface area (Å²) in [5.41, 5.74) is 2.49. The molecule has 5 heteroatoms. The van der Waals surface area contributed by atoms with Gasteiger partial charge in [0.25, 0.3) is 0 Å². The molecule has 0 saturated carbocycles. The third kappa shape index (κ3) is 3.20. The van der Waals surface area contributed by atoms with Gasteiger partial charge in [-0.1, -0.05) is 6.92 Å². The van der Waals surface area contributed by atoms with E-state index in [9.17, 15) is 8.42 Å². The van der Waals surface area contributed by atoms with Crippen molar-refractivity contribution in [1.82, 2.24) is 4.72 Å². The molecule has 0 atom stereocenters. The van der Waals surface area contributed by atoms with Crippen LogP contribution in [0.15, 0.2) is 17.0 Å². The molecule has 96 valence electrons. The van der Waals surface area contributed by atoms with Gasteiger partial charge < -0.3 is 5.32 Å². The molecule has 1 aromatic rings. The van der Waals surface area contributed by atoms with Crippen LogP contribution in [-0.2, 0) is 10.0 Å². The Morgan fingerprint density at radius 3 is 2.00 bits per heavy atom.